The lowest BCUT2D eigenvalue weighted by Crippen LogP contribution is -2.00. The number of rotatable bonds is 5. The van der Waals surface area contributed by atoms with Gasteiger partial charge in [-0.2, -0.15) is 0 Å². The van der Waals surface area contributed by atoms with Crippen LogP contribution in [0.3, 0.4) is 0 Å². The molecule has 0 bridgehead atoms. The number of nitrogens with one attached hydrogen (secondary N) is 1. The van der Waals surface area contributed by atoms with Gasteiger partial charge in [-0.05, 0) is 37.6 Å². The number of nitrogens with zero attached hydrogens (tertiary/aromatic N) is 1. The fraction of sp³-hybridized carbons (Fsp3) is 0.158. The lowest BCUT2D eigenvalue weighted by Gasteiger charge is -2.06. The number of carboxylic acids is 1. The number of benzene rings is 2. The zero-order valence-electron chi connectivity index (χ0n) is 14.1. The van der Waals surface area contributed by atoms with Crippen molar-refractivity contribution in [3.8, 4) is 11.3 Å². The van der Waals surface area contributed by atoms with Crippen LogP contribution in [0, 0.1) is 13.8 Å². The van der Waals surface area contributed by atoms with Crippen molar-refractivity contribution in [2.45, 2.75) is 20.3 Å². The molecule has 0 amide bonds. The second kappa shape index (κ2) is 7.66. The van der Waals surface area contributed by atoms with E-state index in [9.17, 15) is 9.90 Å². The SMILES string of the molecule is Cc1ccc(-c2nc(Nc3ccc(Cl)c(Cl)c3)sc2CC(=O)O)c(C)c1. The summed E-state index contributed by atoms with van der Waals surface area (Å²) in [6.45, 7) is 4.02. The average molecular weight is 407 g/mol. The summed E-state index contributed by atoms with van der Waals surface area (Å²) in [7, 11) is 0. The molecule has 0 spiro atoms. The highest BCUT2D eigenvalue weighted by atomic mass is 35.5. The third-order valence-electron chi connectivity index (χ3n) is 3.82. The average Bonchev–Trinajstić information content (AvgIpc) is 2.92. The number of carboxylic acid groups (broad SMARTS) is 1. The minimum absolute atomic E-state index is 0.0800. The van der Waals surface area contributed by atoms with Crippen molar-refractivity contribution >= 4 is 51.3 Å². The van der Waals surface area contributed by atoms with Crippen LogP contribution in [0.1, 0.15) is 16.0 Å². The third-order valence-corrected chi connectivity index (χ3v) is 5.53. The summed E-state index contributed by atoms with van der Waals surface area (Å²) >= 11 is 13.3. The standard InChI is InChI=1S/C19H16Cl2N2O2S/c1-10-3-5-13(11(2)7-10)18-16(9-17(24)25)26-19(23-18)22-12-4-6-14(20)15(21)8-12/h3-8H,9H2,1-2H3,(H,22,23)(H,24,25). The second-order valence-electron chi connectivity index (χ2n) is 5.93. The van der Waals surface area contributed by atoms with Gasteiger partial charge >= 0.3 is 5.97 Å². The quantitative estimate of drug-likeness (QED) is 0.536. The Balaban J connectivity index is 2.01. The molecule has 4 nitrogen and oxygen atoms in total. The van der Waals surface area contributed by atoms with Crippen molar-refractivity contribution in [2.24, 2.45) is 0 Å². The molecule has 2 aromatic carbocycles. The van der Waals surface area contributed by atoms with E-state index >= 15 is 0 Å². The van der Waals surface area contributed by atoms with Crippen LogP contribution in [0.2, 0.25) is 10.0 Å². The van der Waals surface area contributed by atoms with Crippen molar-refractivity contribution in [2.75, 3.05) is 5.32 Å². The zero-order valence-corrected chi connectivity index (χ0v) is 16.5. The first kappa shape index (κ1) is 18.7. The van der Waals surface area contributed by atoms with Crippen LogP contribution in [-0.2, 0) is 11.2 Å². The van der Waals surface area contributed by atoms with Crippen molar-refractivity contribution in [3.63, 3.8) is 0 Å². The van der Waals surface area contributed by atoms with Crippen LogP contribution in [-0.4, -0.2) is 16.1 Å². The number of carbonyl (C=O) groups is 1. The highest BCUT2D eigenvalue weighted by Crippen LogP contribution is 2.35. The topological polar surface area (TPSA) is 62.2 Å². The first-order valence-corrected chi connectivity index (χ1v) is 9.42. The molecule has 26 heavy (non-hydrogen) atoms. The summed E-state index contributed by atoms with van der Waals surface area (Å²) in [4.78, 5) is 16.6. The lowest BCUT2D eigenvalue weighted by atomic mass is 10.0. The minimum Gasteiger partial charge on any atom is -0.481 e. The van der Waals surface area contributed by atoms with E-state index in [0.717, 1.165) is 22.4 Å². The molecule has 1 aromatic heterocycles. The van der Waals surface area contributed by atoms with E-state index in [1.165, 1.54) is 11.3 Å². The predicted molar refractivity (Wildman–Crippen MR) is 108 cm³/mol. The number of aliphatic carboxylic acids is 1. The van der Waals surface area contributed by atoms with Gasteiger partial charge in [0.15, 0.2) is 5.13 Å². The molecule has 2 N–H and O–H groups in total. The Labute approximate surface area is 165 Å². The Bertz CT molecular complexity index is 986. The van der Waals surface area contributed by atoms with Gasteiger partial charge < -0.3 is 10.4 Å². The van der Waals surface area contributed by atoms with Crippen molar-refractivity contribution in [1.29, 1.82) is 0 Å². The molecule has 3 aromatic rings. The maximum absolute atomic E-state index is 11.3. The van der Waals surface area contributed by atoms with Crippen molar-refractivity contribution < 1.29 is 9.90 Å². The van der Waals surface area contributed by atoms with E-state index in [1.807, 2.05) is 26.0 Å². The Morgan fingerprint density at radius 1 is 1.15 bits per heavy atom. The van der Waals surface area contributed by atoms with Gasteiger partial charge in [-0.25, -0.2) is 4.98 Å². The van der Waals surface area contributed by atoms with Gasteiger partial charge in [0, 0.05) is 16.1 Å². The first-order chi connectivity index (χ1) is 12.3. The maximum atomic E-state index is 11.3. The van der Waals surface area contributed by atoms with Crippen LogP contribution in [0.5, 0.6) is 0 Å². The van der Waals surface area contributed by atoms with E-state index in [2.05, 4.69) is 16.4 Å². The fourth-order valence-corrected chi connectivity index (χ4v) is 3.93. The zero-order chi connectivity index (χ0) is 18.8. The van der Waals surface area contributed by atoms with Gasteiger partial charge in [0.05, 0.1) is 22.2 Å². The summed E-state index contributed by atoms with van der Waals surface area (Å²) in [6.07, 6.45) is -0.0800. The van der Waals surface area contributed by atoms with Crippen molar-refractivity contribution in [1.82, 2.24) is 4.98 Å². The maximum Gasteiger partial charge on any atom is 0.308 e. The Kier molecular flexibility index (Phi) is 5.51. The number of halogens is 2. The molecule has 3 rings (SSSR count). The Morgan fingerprint density at radius 3 is 2.58 bits per heavy atom. The largest absolute Gasteiger partial charge is 0.481 e. The van der Waals surface area contributed by atoms with Crippen molar-refractivity contribution in [3.05, 3.63) is 62.4 Å². The van der Waals surface area contributed by atoms with Crippen LogP contribution < -0.4 is 5.32 Å². The van der Waals surface area contributed by atoms with Crippen LogP contribution >= 0.6 is 34.5 Å². The summed E-state index contributed by atoms with van der Waals surface area (Å²) in [6, 6.07) is 11.2. The molecule has 0 unspecified atom stereocenters. The molecule has 0 fully saturated rings. The van der Waals surface area contributed by atoms with Gasteiger partial charge in [0.25, 0.3) is 0 Å². The molecule has 0 aliphatic carbocycles. The van der Waals surface area contributed by atoms with Crippen LogP contribution in [0.4, 0.5) is 10.8 Å². The number of aryl methyl sites for hydroxylation is 2. The molecule has 0 aliphatic heterocycles. The number of hydrogen-bond acceptors (Lipinski definition) is 4. The Hall–Kier alpha value is -2.08. The molecular weight excluding hydrogens is 391 g/mol. The summed E-state index contributed by atoms with van der Waals surface area (Å²) < 4.78 is 0. The van der Waals surface area contributed by atoms with E-state index in [-0.39, 0.29) is 6.42 Å². The van der Waals surface area contributed by atoms with Gasteiger partial charge in [0.2, 0.25) is 0 Å². The smallest absolute Gasteiger partial charge is 0.308 e. The van der Waals surface area contributed by atoms with E-state index in [0.29, 0.717) is 25.7 Å². The monoisotopic (exact) mass is 406 g/mol. The molecule has 0 radical (unpaired) electrons. The Morgan fingerprint density at radius 2 is 1.92 bits per heavy atom. The predicted octanol–water partition coefficient (Wildman–Crippen LogP) is 6.10. The van der Waals surface area contributed by atoms with E-state index in [4.69, 9.17) is 23.2 Å². The normalized spacial score (nSPS) is 10.8. The molecular formula is C19H16Cl2N2O2S. The molecule has 0 aliphatic rings. The minimum atomic E-state index is -0.888. The van der Waals surface area contributed by atoms with Gasteiger partial charge in [-0.3, -0.25) is 4.79 Å². The van der Waals surface area contributed by atoms with Gasteiger partial charge in [-0.15, -0.1) is 11.3 Å². The molecule has 134 valence electrons. The molecule has 1 heterocycles. The molecule has 7 heteroatoms. The second-order valence-corrected chi connectivity index (χ2v) is 7.83. The number of aromatic nitrogens is 1. The summed E-state index contributed by atoms with van der Waals surface area (Å²) in [5, 5.41) is 13.9. The lowest BCUT2D eigenvalue weighted by molar-refractivity contribution is -0.136. The molecule has 0 saturated carbocycles. The fourth-order valence-electron chi connectivity index (χ4n) is 2.65. The van der Waals surface area contributed by atoms with E-state index < -0.39 is 5.97 Å². The molecule has 0 atom stereocenters. The first-order valence-electron chi connectivity index (χ1n) is 7.84. The molecule has 0 saturated heterocycles. The third kappa shape index (κ3) is 4.18. The van der Waals surface area contributed by atoms with Gasteiger partial charge in [0.1, 0.15) is 0 Å². The summed E-state index contributed by atoms with van der Waals surface area (Å²) in [5.74, 6) is -0.888. The summed E-state index contributed by atoms with van der Waals surface area (Å²) in [5.41, 5.74) is 4.57. The van der Waals surface area contributed by atoms with Gasteiger partial charge in [-0.1, -0.05) is 47.0 Å². The highest BCUT2D eigenvalue weighted by molar-refractivity contribution is 7.16. The van der Waals surface area contributed by atoms with Crippen LogP contribution in [0.25, 0.3) is 11.3 Å². The van der Waals surface area contributed by atoms with Crippen LogP contribution in [0.15, 0.2) is 36.4 Å². The highest BCUT2D eigenvalue weighted by Gasteiger charge is 2.17. The number of anilines is 2. The number of hydrogen-bond donors (Lipinski definition) is 2. The van der Waals surface area contributed by atoms with E-state index in [1.54, 1.807) is 18.2 Å². The number of thiazole rings is 1.